The lowest BCUT2D eigenvalue weighted by Crippen LogP contribution is -2.44. The molecule has 0 N–H and O–H groups in total. The molecule has 5 heteroatoms. The minimum absolute atomic E-state index is 0.0748. The Hall–Kier alpha value is -1.88. The number of nitrogens with zero attached hydrogens (tertiary/aromatic N) is 1. The van der Waals surface area contributed by atoms with Gasteiger partial charge in [-0.3, -0.25) is 9.69 Å². The summed E-state index contributed by atoms with van der Waals surface area (Å²) in [6.45, 7) is 6.18. The van der Waals surface area contributed by atoms with E-state index in [0.29, 0.717) is 6.54 Å². The Labute approximate surface area is 131 Å². The van der Waals surface area contributed by atoms with Gasteiger partial charge in [0.15, 0.2) is 0 Å². The number of hydrogen-bond acceptors (Lipinski definition) is 5. The molecule has 0 fully saturated rings. The minimum atomic E-state index is -0.553. The van der Waals surface area contributed by atoms with Crippen molar-refractivity contribution in [2.45, 2.75) is 38.8 Å². The number of esters is 2. The molecule has 5 nitrogen and oxygen atoms in total. The van der Waals surface area contributed by atoms with Crippen molar-refractivity contribution in [1.29, 1.82) is 0 Å². The molecule has 2 rings (SSSR count). The van der Waals surface area contributed by atoms with E-state index in [1.165, 1.54) is 7.11 Å². The first-order valence-electron chi connectivity index (χ1n) is 7.43. The van der Waals surface area contributed by atoms with Gasteiger partial charge in [0.05, 0.1) is 13.7 Å². The second kappa shape index (κ2) is 6.48. The molecule has 120 valence electrons. The van der Waals surface area contributed by atoms with E-state index in [2.05, 4.69) is 0 Å². The van der Waals surface area contributed by atoms with Crippen LogP contribution in [0.4, 0.5) is 0 Å². The lowest BCUT2D eigenvalue weighted by atomic mass is 9.92. The zero-order valence-corrected chi connectivity index (χ0v) is 13.6. The highest BCUT2D eigenvalue weighted by atomic mass is 16.6. The van der Waals surface area contributed by atoms with Crippen molar-refractivity contribution in [1.82, 2.24) is 4.90 Å². The number of rotatable bonds is 3. The summed E-state index contributed by atoms with van der Waals surface area (Å²) in [7, 11) is 1.37. The van der Waals surface area contributed by atoms with Crippen LogP contribution in [0.1, 0.15) is 37.9 Å². The predicted octanol–water partition coefficient (Wildman–Crippen LogP) is 2.10. The maximum atomic E-state index is 12.2. The molecule has 22 heavy (non-hydrogen) atoms. The van der Waals surface area contributed by atoms with Gasteiger partial charge in [0.1, 0.15) is 11.6 Å². The molecule has 1 aliphatic heterocycles. The third kappa shape index (κ3) is 3.85. The summed E-state index contributed by atoms with van der Waals surface area (Å²) in [6, 6.07) is 7.22. The van der Waals surface area contributed by atoms with Gasteiger partial charge in [-0.05, 0) is 38.3 Å². The third-order valence-corrected chi connectivity index (χ3v) is 3.56. The van der Waals surface area contributed by atoms with Crippen LogP contribution in [0.15, 0.2) is 24.3 Å². The van der Waals surface area contributed by atoms with E-state index in [-0.39, 0.29) is 18.5 Å². The number of hydrogen-bond donors (Lipinski definition) is 0. The molecule has 0 saturated heterocycles. The van der Waals surface area contributed by atoms with Gasteiger partial charge in [-0.2, -0.15) is 0 Å². The topological polar surface area (TPSA) is 55.8 Å². The van der Waals surface area contributed by atoms with E-state index in [1.807, 2.05) is 49.9 Å². The molecule has 1 aliphatic rings. The summed E-state index contributed by atoms with van der Waals surface area (Å²) in [6.07, 6.45) is 0.798. The summed E-state index contributed by atoms with van der Waals surface area (Å²) in [4.78, 5) is 26.1. The maximum Gasteiger partial charge on any atom is 0.327 e. The molecule has 0 bridgehead atoms. The molecule has 1 heterocycles. The summed E-state index contributed by atoms with van der Waals surface area (Å²) in [5, 5.41) is 0. The van der Waals surface area contributed by atoms with Crippen LogP contribution in [-0.2, 0) is 25.5 Å². The van der Waals surface area contributed by atoms with Crippen molar-refractivity contribution < 1.29 is 19.1 Å². The first-order valence-corrected chi connectivity index (χ1v) is 7.43. The van der Waals surface area contributed by atoms with Gasteiger partial charge < -0.3 is 9.47 Å². The Morgan fingerprint density at radius 3 is 2.59 bits per heavy atom. The molecular weight excluding hydrogens is 282 g/mol. The van der Waals surface area contributed by atoms with E-state index in [1.54, 1.807) is 0 Å². The zero-order valence-electron chi connectivity index (χ0n) is 13.6. The van der Waals surface area contributed by atoms with Crippen molar-refractivity contribution in [2.24, 2.45) is 0 Å². The van der Waals surface area contributed by atoms with Gasteiger partial charge in [0.25, 0.3) is 0 Å². The second-order valence-corrected chi connectivity index (χ2v) is 6.43. The van der Waals surface area contributed by atoms with Gasteiger partial charge >= 0.3 is 11.9 Å². The Bertz CT molecular complexity index is 562. The summed E-state index contributed by atoms with van der Waals surface area (Å²) in [5.74, 6) is -0.684. The lowest BCUT2D eigenvalue weighted by Gasteiger charge is -2.35. The van der Waals surface area contributed by atoms with Crippen molar-refractivity contribution >= 4 is 11.9 Å². The van der Waals surface area contributed by atoms with E-state index < -0.39 is 11.6 Å². The average Bonchev–Trinajstić information content (AvgIpc) is 2.44. The van der Waals surface area contributed by atoms with Crippen LogP contribution in [0.2, 0.25) is 0 Å². The molecule has 0 radical (unpaired) electrons. The summed E-state index contributed by atoms with van der Waals surface area (Å²) < 4.78 is 10.3. The van der Waals surface area contributed by atoms with Crippen molar-refractivity contribution in [3.63, 3.8) is 0 Å². The largest absolute Gasteiger partial charge is 0.468 e. The molecule has 0 aromatic heterocycles. The van der Waals surface area contributed by atoms with Crippen LogP contribution in [0.5, 0.6) is 0 Å². The van der Waals surface area contributed by atoms with Gasteiger partial charge in [0.2, 0.25) is 0 Å². The molecule has 0 spiro atoms. The fourth-order valence-corrected chi connectivity index (χ4v) is 2.72. The number of carbonyl (C=O) groups is 2. The smallest absolute Gasteiger partial charge is 0.327 e. The fraction of sp³-hybridized carbons (Fsp3) is 0.529. The quantitative estimate of drug-likeness (QED) is 0.801. The molecule has 1 unspecified atom stereocenters. The summed E-state index contributed by atoms with van der Waals surface area (Å²) in [5.41, 5.74) is 1.49. The Morgan fingerprint density at radius 1 is 1.27 bits per heavy atom. The second-order valence-electron chi connectivity index (χ2n) is 6.43. The molecular formula is C17H23NO4. The van der Waals surface area contributed by atoms with E-state index in [9.17, 15) is 9.59 Å². The molecule has 0 amide bonds. The van der Waals surface area contributed by atoms with Crippen LogP contribution in [0.3, 0.4) is 0 Å². The van der Waals surface area contributed by atoms with Crippen molar-refractivity contribution in [2.75, 3.05) is 20.2 Å². The van der Waals surface area contributed by atoms with Crippen LogP contribution in [0.25, 0.3) is 0 Å². The fourth-order valence-electron chi connectivity index (χ4n) is 2.72. The Morgan fingerprint density at radius 2 is 1.95 bits per heavy atom. The van der Waals surface area contributed by atoms with Gasteiger partial charge in [0, 0.05) is 6.54 Å². The Balaban J connectivity index is 2.21. The SMILES string of the molecule is COC(=O)C1c2ccccc2CCN1CC(=O)OC(C)(C)C. The monoisotopic (exact) mass is 305 g/mol. The van der Waals surface area contributed by atoms with Gasteiger partial charge in [-0.1, -0.05) is 24.3 Å². The van der Waals surface area contributed by atoms with E-state index in [4.69, 9.17) is 9.47 Å². The molecule has 1 aromatic rings. The average molecular weight is 305 g/mol. The molecule has 0 aliphatic carbocycles. The highest BCUT2D eigenvalue weighted by Crippen LogP contribution is 2.30. The lowest BCUT2D eigenvalue weighted by molar-refractivity contribution is -0.159. The first-order chi connectivity index (χ1) is 10.3. The van der Waals surface area contributed by atoms with Crippen LogP contribution < -0.4 is 0 Å². The summed E-state index contributed by atoms with van der Waals surface area (Å²) >= 11 is 0. The van der Waals surface area contributed by atoms with Gasteiger partial charge in [-0.25, -0.2) is 4.79 Å². The number of methoxy groups -OCH3 is 1. The molecule has 1 atom stereocenters. The van der Waals surface area contributed by atoms with Crippen molar-refractivity contribution in [3.8, 4) is 0 Å². The standard InChI is InChI=1S/C17H23NO4/c1-17(2,3)22-14(19)11-18-10-9-12-7-5-6-8-13(12)15(18)16(20)21-4/h5-8,15H,9-11H2,1-4H3. The Kier molecular flexibility index (Phi) is 4.86. The van der Waals surface area contributed by atoms with Crippen molar-refractivity contribution in [3.05, 3.63) is 35.4 Å². The van der Waals surface area contributed by atoms with Gasteiger partial charge in [-0.15, -0.1) is 0 Å². The zero-order chi connectivity index (χ0) is 16.3. The van der Waals surface area contributed by atoms with Crippen LogP contribution in [0, 0.1) is 0 Å². The number of benzene rings is 1. The first kappa shape index (κ1) is 16.5. The molecule has 1 aromatic carbocycles. The highest BCUT2D eigenvalue weighted by Gasteiger charge is 2.35. The van der Waals surface area contributed by atoms with Crippen LogP contribution in [-0.4, -0.2) is 42.6 Å². The van der Waals surface area contributed by atoms with E-state index >= 15 is 0 Å². The predicted molar refractivity (Wildman–Crippen MR) is 82.3 cm³/mol. The third-order valence-electron chi connectivity index (χ3n) is 3.56. The highest BCUT2D eigenvalue weighted by molar-refractivity contribution is 5.80. The normalized spacial score (nSPS) is 18.5. The number of carbonyl (C=O) groups excluding carboxylic acids is 2. The number of ether oxygens (including phenoxy) is 2. The minimum Gasteiger partial charge on any atom is -0.468 e. The van der Waals surface area contributed by atoms with Crippen LogP contribution >= 0.6 is 0 Å². The molecule has 0 saturated carbocycles. The number of fused-ring (bicyclic) bond motifs is 1. The van der Waals surface area contributed by atoms with E-state index in [0.717, 1.165) is 17.5 Å². The maximum absolute atomic E-state index is 12.2.